The third kappa shape index (κ3) is 4.22. The number of aromatic nitrogens is 3. The summed E-state index contributed by atoms with van der Waals surface area (Å²) in [5.74, 6) is -0.0364. The number of sulfonamides is 1. The molecule has 4 aromatic rings. The highest BCUT2D eigenvalue weighted by atomic mass is 32.2. The molecular formula is C24H20FN5O2S. The molecule has 0 amide bonds. The summed E-state index contributed by atoms with van der Waals surface area (Å²) < 4.78 is 43.1. The van der Waals surface area contributed by atoms with Gasteiger partial charge in [-0.2, -0.15) is 4.98 Å². The predicted molar refractivity (Wildman–Crippen MR) is 125 cm³/mol. The van der Waals surface area contributed by atoms with Crippen LogP contribution < -0.4 is 10.0 Å². The van der Waals surface area contributed by atoms with Crippen molar-refractivity contribution in [2.24, 2.45) is 0 Å². The Kier molecular flexibility index (Phi) is 5.18. The molecule has 0 unspecified atom stereocenters. The molecule has 0 spiro atoms. The maximum absolute atomic E-state index is 13.5. The summed E-state index contributed by atoms with van der Waals surface area (Å²) in [5.41, 5.74) is 3.65. The number of hydrogen-bond donors (Lipinski definition) is 2. The minimum atomic E-state index is -3.85. The van der Waals surface area contributed by atoms with E-state index in [1.165, 1.54) is 24.3 Å². The van der Waals surface area contributed by atoms with Gasteiger partial charge in [-0.1, -0.05) is 60.2 Å². The van der Waals surface area contributed by atoms with Crippen molar-refractivity contribution in [3.8, 4) is 0 Å². The van der Waals surface area contributed by atoms with Gasteiger partial charge in [0, 0.05) is 5.70 Å². The third-order valence-electron chi connectivity index (χ3n) is 5.32. The van der Waals surface area contributed by atoms with Crippen molar-refractivity contribution in [2.45, 2.75) is 17.9 Å². The molecule has 9 heteroatoms. The lowest BCUT2D eigenvalue weighted by Crippen LogP contribution is -2.20. The standard InChI is InChI=1S/C24H20FN5O2S/c1-16-7-9-17(10-8-16)21-15-22(18-11-13-19(25)14-12-18)30-24(26-21)27-23(28-30)29-33(31,32)20-5-3-2-4-6-20/h2-15,22H,1H3,(H2,26,27,28,29)/t22-/m1/s1. The Morgan fingerprint density at radius 1 is 0.970 bits per heavy atom. The van der Waals surface area contributed by atoms with E-state index < -0.39 is 16.1 Å². The summed E-state index contributed by atoms with van der Waals surface area (Å²) in [6, 6.07) is 21.7. The van der Waals surface area contributed by atoms with Crippen LogP contribution in [-0.4, -0.2) is 23.2 Å². The second-order valence-electron chi connectivity index (χ2n) is 7.69. The minimum Gasteiger partial charge on any atom is -0.324 e. The van der Waals surface area contributed by atoms with Gasteiger partial charge in [-0.3, -0.25) is 0 Å². The van der Waals surface area contributed by atoms with Gasteiger partial charge in [0.15, 0.2) is 0 Å². The molecule has 0 bridgehead atoms. The summed E-state index contributed by atoms with van der Waals surface area (Å²) in [4.78, 5) is 4.49. The van der Waals surface area contributed by atoms with Crippen molar-refractivity contribution >= 4 is 27.6 Å². The summed E-state index contributed by atoms with van der Waals surface area (Å²) in [6.07, 6.45) is 1.95. The molecule has 7 nitrogen and oxygen atoms in total. The molecule has 0 fully saturated rings. The number of fused-ring (bicyclic) bond motifs is 1. The van der Waals surface area contributed by atoms with Crippen LogP contribution in [0.1, 0.15) is 22.7 Å². The van der Waals surface area contributed by atoms with Gasteiger partial charge < -0.3 is 5.32 Å². The van der Waals surface area contributed by atoms with Crippen molar-refractivity contribution in [3.05, 3.63) is 107 Å². The highest BCUT2D eigenvalue weighted by Gasteiger charge is 2.27. The number of allylic oxidation sites excluding steroid dienone is 1. The van der Waals surface area contributed by atoms with Crippen molar-refractivity contribution in [2.75, 3.05) is 10.0 Å². The number of halogens is 1. The molecule has 1 aliphatic rings. The Bertz CT molecular complexity index is 1430. The third-order valence-corrected chi connectivity index (χ3v) is 6.66. The smallest absolute Gasteiger partial charge is 0.264 e. The van der Waals surface area contributed by atoms with E-state index in [-0.39, 0.29) is 16.7 Å². The lowest BCUT2D eigenvalue weighted by atomic mass is 10.0. The van der Waals surface area contributed by atoms with Gasteiger partial charge in [0.1, 0.15) is 11.9 Å². The first-order chi connectivity index (χ1) is 15.9. The second kappa shape index (κ2) is 8.18. The molecule has 5 rings (SSSR count). The lowest BCUT2D eigenvalue weighted by molar-refractivity contribution is 0.597. The fraction of sp³-hybridized carbons (Fsp3) is 0.0833. The quantitative estimate of drug-likeness (QED) is 0.454. The van der Waals surface area contributed by atoms with E-state index in [1.807, 2.05) is 37.3 Å². The van der Waals surface area contributed by atoms with E-state index in [2.05, 4.69) is 20.1 Å². The van der Waals surface area contributed by atoms with Crippen molar-refractivity contribution in [3.63, 3.8) is 0 Å². The SMILES string of the molecule is Cc1ccc(C2=C[C@H](c3ccc(F)cc3)n3nc(NS(=O)(=O)c4ccccc4)nc3N2)cc1. The highest BCUT2D eigenvalue weighted by molar-refractivity contribution is 7.92. The molecule has 1 aromatic heterocycles. The fourth-order valence-electron chi connectivity index (χ4n) is 3.61. The predicted octanol–water partition coefficient (Wildman–Crippen LogP) is 4.58. The molecular weight excluding hydrogens is 441 g/mol. The summed E-state index contributed by atoms with van der Waals surface area (Å²) in [5, 5.41) is 7.63. The summed E-state index contributed by atoms with van der Waals surface area (Å²) in [7, 11) is -3.85. The number of benzene rings is 3. The molecule has 1 atom stereocenters. The van der Waals surface area contributed by atoms with E-state index in [4.69, 9.17) is 0 Å². The average Bonchev–Trinajstić information content (AvgIpc) is 3.22. The van der Waals surface area contributed by atoms with Crippen molar-refractivity contribution in [1.29, 1.82) is 0 Å². The van der Waals surface area contributed by atoms with E-state index >= 15 is 0 Å². The van der Waals surface area contributed by atoms with E-state index in [0.717, 1.165) is 22.4 Å². The molecule has 33 heavy (non-hydrogen) atoms. The number of aryl methyl sites for hydroxylation is 1. The zero-order valence-electron chi connectivity index (χ0n) is 17.6. The van der Waals surface area contributed by atoms with Gasteiger partial charge >= 0.3 is 0 Å². The van der Waals surface area contributed by atoms with E-state index in [9.17, 15) is 12.8 Å². The van der Waals surface area contributed by atoms with Crippen LogP contribution in [-0.2, 0) is 10.0 Å². The topological polar surface area (TPSA) is 88.9 Å². The number of nitrogens with zero attached hydrogens (tertiary/aromatic N) is 3. The molecule has 0 saturated heterocycles. The molecule has 2 heterocycles. The maximum atomic E-state index is 13.5. The van der Waals surface area contributed by atoms with Gasteiger partial charge in [-0.25, -0.2) is 22.2 Å². The van der Waals surface area contributed by atoms with Gasteiger partial charge in [-0.15, -0.1) is 5.10 Å². The Morgan fingerprint density at radius 3 is 2.36 bits per heavy atom. The van der Waals surface area contributed by atoms with Crippen molar-refractivity contribution < 1.29 is 12.8 Å². The molecule has 0 radical (unpaired) electrons. The average molecular weight is 462 g/mol. The van der Waals surface area contributed by atoms with Crippen LogP contribution in [0, 0.1) is 12.7 Å². The monoisotopic (exact) mass is 461 g/mol. The first-order valence-corrected chi connectivity index (χ1v) is 11.7. The number of anilines is 2. The van der Waals surface area contributed by atoms with E-state index in [1.54, 1.807) is 35.0 Å². The lowest BCUT2D eigenvalue weighted by Gasteiger charge is -2.24. The summed E-state index contributed by atoms with van der Waals surface area (Å²) in [6.45, 7) is 2.01. The van der Waals surface area contributed by atoms with Crippen molar-refractivity contribution in [1.82, 2.24) is 14.8 Å². The van der Waals surface area contributed by atoms with Crippen LogP contribution in [0.25, 0.3) is 5.70 Å². The normalized spacial score (nSPS) is 15.3. The van der Waals surface area contributed by atoms with Gasteiger partial charge in [0.25, 0.3) is 16.0 Å². The van der Waals surface area contributed by atoms with Gasteiger partial charge in [0.05, 0.1) is 4.90 Å². The molecule has 3 aromatic carbocycles. The number of hydrogen-bond acceptors (Lipinski definition) is 5. The first kappa shape index (κ1) is 20.9. The Labute approximate surface area is 190 Å². The van der Waals surface area contributed by atoms with E-state index in [0.29, 0.717) is 5.95 Å². The van der Waals surface area contributed by atoms with Crippen LogP contribution in [0.15, 0.2) is 89.8 Å². The molecule has 166 valence electrons. The largest absolute Gasteiger partial charge is 0.324 e. The Morgan fingerprint density at radius 2 is 1.67 bits per heavy atom. The van der Waals surface area contributed by atoms with Crippen LogP contribution in [0.2, 0.25) is 0 Å². The maximum Gasteiger partial charge on any atom is 0.264 e. The zero-order valence-corrected chi connectivity index (χ0v) is 18.4. The highest BCUT2D eigenvalue weighted by Crippen LogP contribution is 2.33. The van der Waals surface area contributed by atoms with Gasteiger partial charge in [0.2, 0.25) is 5.95 Å². The minimum absolute atomic E-state index is 0.0629. The second-order valence-corrected chi connectivity index (χ2v) is 9.37. The zero-order chi connectivity index (χ0) is 23.0. The molecule has 1 aliphatic heterocycles. The molecule has 0 saturated carbocycles. The summed E-state index contributed by atoms with van der Waals surface area (Å²) >= 11 is 0. The molecule has 2 N–H and O–H groups in total. The first-order valence-electron chi connectivity index (χ1n) is 10.2. The number of nitrogens with one attached hydrogen (secondary N) is 2. The number of rotatable bonds is 5. The Hall–Kier alpha value is -3.98. The van der Waals surface area contributed by atoms with Crippen LogP contribution >= 0.6 is 0 Å². The fourth-order valence-corrected chi connectivity index (χ4v) is 4.57. The van der Waals surface area contributed by atoms with Gasteiger partial charge in [-0.05, 0) is 48.4 Å². The van der Waals surface area contributed by atoms with Crippen LogP contribution in [0.3, 0.4) is 0 Å². The van der Waals surface area contributed by atoms with Crippen LogP contribution in [0.5, 0.6) is 0 Å². The van der Waals surface area contributed by atoms with Crippen LogP contribution in [0.4, 0.5) is 16.3 Å². The Balaban J connectivity index is 1.54. The molecule has 0 aliphatic carbocycles.